The zero-order valence-corrected chi connectivity index (χ0v) is 10.2. The molecule has 0 aliphatic carbocycles. The quantitative estimate of drug-likeness (QED) is 0.521. The first-order chi connectivity index (χ1) is 7.70. The van der Waals surface area contributed by atoms with Crippen molar-refractivity contribution in [3.05, 3.63) is 0 Å². The minimum atomic E-state index is -2.79. The van der Waals surface area contributed by atoms with Crippen LogP contribution < -0.4 is 0 Å². The third-order valence-corrected chi connectivity index (χ3v) is 6.83. The second-order valence-electron chi connectivity index (χ2n) is 1.95. The monoisotopic (exact) mass is 260 g/mol. The second kappa shape index (κ2) is 6.53. The Morgan fingerprint density at radius 2 is 2.29 bits per heavy atom. The van der Waals surface area contributed by atoms with Gasteiger partial charge in [0, 0.05) is 25.3 Å². The molecule has 14 heavy (non-hydrogen) atoms. The minimum absolute atomic E-state index is 0.0288. The Kier molecular flexibility index (Phi) is 4.33. The molecule has 82 valence electrons. The van der Waals surface area contributed by atoms with E-state index in [1.807, 2.05) is 0 Å². The minimum Gasteiger partial charge on any atom is -0.325 e. The molecular weight excluding hydrogens is 245 g/mol. The highest BCUT2D eigenvalue weighted by Gasteiger charge is 2.19. The molecule has 0 aliphatic rings. The Labute approximate surface area is 96.3 Å². The molecular formula is C6H12NO4PS2. The summed E-state index contributed by atoms with van der Waals surface area (Å²) in [5.41, 5.74) is -2.63. The highest BCUT2D eigenvalue weighted by atomic mass is 32.9. The molecule has 0 fully saturated rings. The summed E-state index contributed by atoms with van der Waals surface area (Å²) in [4.78, 5) is 22.1. The van der Waals surface area contributed by atoms with Crippen molar-refractivity contribution in [3.8, 4) is 0 Å². The van der Waals surface area contributed by atoms with E-state index in [1.165, 1.54) is 14.2 Å². The summed E-state index contributed by atoms with van der Waals surface area (Å²) in [6.07, 6.45) is -0.0288. The van der Waals surface area contributed by atoms with Gasteiger partial charge in [-0.1, -0.05) is 11.4 Å². The van der Waals surface area contributed by atoms with Gasteiger partial charge in [0.25, 0.3) is 0 Å². The highest BCUT2D eigenvalue weighted by molar-refractivity contribution is 8.68. The van der Waals surface area contributed by atoms with Crippen LogP contribution in [-0.4, -0.2) is 44.2 Å². The van der Waals surface area contributed by atoms with Crippen molar-refractivity contribution < 1.29 is 22.7 Å². The number of rotatable bonds is 6. The Morgan fingerprint density at radius 1 is 1.71 bits per heavy atom. The van der Waals surface area contributed by atoms with Gasteiger partial charge in [0.05, 0.1) is 5.75 Å². The van der Waals surface area contributed by atoms with Crippen LogP contribution in [0.5, 0.6) is 0 Å². The maximum Gasteiger partial charge on any atom is 0.247 e. The maximum atomic E-state index is 11.5. The van der Waals surface area contributed by atoms with Gasteiger partial charge < -0.3 is 9.05 Å². The average molecular weight is 260 g/mol. The molecule has 0 bridgehead atoms. The molecule has 0 saturated carbocycles. The first-order valence-electron chi connectivity index (χ1n) is 4.83. The van der Waals surface area contributed by atoms with E-state index in [0.717, 1.165) is 11.4 Å². The number of carbonyl (C=O) groups excluding carboxylic acids is 2. The molecule has 0 aliphatic heterocycles. The lowest BCUT2D eigenvalue weighted by molar-refractivity contribution is -0.134. The van der Waals surface area contributed by atoms with Gasteiger partial charge in [-0.25, -0.2) is 0 Å². The molecule has 0 aromatic carbocycles. The lowest BCUT2D eigenvalue weighted by Crippen LogP contribution is -2.26. The smallest absolute Gasteiger partial charge is 0.247 e. The van der Waals surface area contributed by atoms with Crippen LogP contribution in [0.15, 0.2) is 0 Å². The SMILES string of the molecule is [2H]C([2H])([2H])N(C=O)C(=O)CSP(=S)(OC)OC. The van der Waals surface area contributed by atoms with E-state index >= 15 is 0 Å². The van der Waals surface area contributed by atoms with Gasteiger partial charge >= 0.3 is 0 Å². The van der Waals surface area contributed by atoms with E-state index in [1.54, 1.807) is 0 Å². The van der Waals surface area contributed by atoms with Gasteiger partial charge in [-0.2, -0.15) is 0 Å². The topological polar surface area (TPSA) is 55.8 Å². The summed E-state index contributed by atoms with van der Waals surface area (Å²) in [5, 5.41) is 0. The van der Waals surface area contributed by atoms with Crippen LogP contribution in [0.25, 0.3) is 0 Å². The zero-order valence-electron chi connectivity index (χ0n) is 10.6. The van der Waals surface area contributed by atoms with Crippen molar-refractivity contribution in [3.63, 3.8) is 0 Å². The largest absolute Gasteiger partial charge is 0.325 e. The van der Waals surface area contributed by atoms with Crippen molar-refractivity contribution in [2.45, 2.75) is 0 Å². The van der Waals surface area contributed by atoms with Crippen molar-refractivity contribution in [2.75, 3.05) is 26.9 Å². The molecule has 0 N–H and O–H groups in total. The molecule has 0 rings (SSSR count). The molecule has 8 heteroatoms. The van der Waals surface area contributed by atoms with E-state index in [4.69, 9.17) is 25.0 Å². The van der Waals surface area contributed by atoms with E-state index in [-0.39, 0.29) is 17.1 Å². The lowest BCUT2D eigenvalue weighted by Gasteiger charge is -2.16. The van der Waals surface area contributed by atoms with Gasteiger partial charge in [-0.05, 0) is 11.8 Å². The van der Waals surface area contributed by atoms with Gasteiger partial charge in [0.1, 0.15) is 0 Å². The van der Waals surface area contributed by atoms with Crippen LogP contribution in [0, 0.1) is 0 Å². The Bertz CT molecular complexity index is 330. The Morgan fingerprint density at radius 3 is 2.64 bits per heavy atom. The first kappa shape index (κ1) is 9.30. The summed E-state index contributed by atoms with van der Waals surface area (Å²) in [7, 11) is 2.67. The van der Waals surface area contributed by atoms with E-state index < -0.39 is 18.6 Å². The zero-order chi connectivity index (χ0) is 13.7. The van der Waals surface area contributed by atoms with Crippen LogP contribution in [0.3, 0.4) is 0 Å². The van der Waals surface area contributed by atoms with Crippen LogP contribution in [0.1, 0.15) is 4.11 Å². The molecule has 2 amide bonds. The summed E-state index contributed by atoms with van der Waals surface area (Å²) < 4.78 is 30.7. The normalized spacial score (nSPS) is 15.1. The van der Waals surface area contributed by atoms with Gasteiger partial charge in [0.2, 0.25) is 18.0 Å². The molecule has 0 spiro atoms. The molecule has 0 aromatic rings. The van der Waals surface area contributed by atoms with Crippen molar-refractivity contribution in [1.82, 2.24) is 4.90 Å². The number of nitrogens with zero attached hydrogens (tertiary/aromatic N) is 1. The molecule has 0 atom stereocenters. The molecule has 0 radical (unpaired) electrons. The second-order valence-corrected chi connectivity index (χ2v) is 8.48. The standard InChI is InChI=1S/C6H12NO4PS2/c1-7(5-8)6(9)4-14-12(13,10-2)11-3/h5H,4H2,1-3H3/i1D3. The fourth-order valence-corrected chi connectivity index (χ4v) is 3.12. The van der Waals surface area contributed by atoms with E-state index in [9.17, 15) is 9.59 Å². The van der Waals surface area contributed by atoms with E-state index in [2.05, 4.69) is 0 Å². The third-order valence-electron chi connectivity index (χ3n) is 1.17. The number of carbonyl (C=O) groups is 2. The average Bonchev–Trinajstić information content (AvgIpc) is 2.25. The van der Waals surface area contributed by atoms with Crippen LogP contribution in [0.2, 0.25) is 0 Å². The fraction of sp³-hybridized carbons (Fsp3) is 0.667. The third kappa shape index (κ3) is 4.52. The number of imide groups is 1. The maximum absolute atomic E-state index is 11.5. The van der Waals surface area contributed by atoms with Crippen molar-refractivity contribution in [2.24, 2.45) is 0 Å². The van der Waals surface area contributed by atoms with Gasteiger partial charge in [-0.3, -0.25) is 14.5 Å². The first-order valence-corrected chi connectivity index (χ1v) is 7.56. The molecule has 0 unspecified atom stereocenters. The predicted octanol–water partition coefficient (Wildman–Crippen LogP) is 0.852. The van der Waals surface area contributed by atoms with Crippen molar-refractivity contribution in [1.29, 1.82) is 0 Å². The van der Waals surface area contributed by atoms with E-state index in [0.29, 0.717) is 0 Å². The molecule has 5 nitrogen and oxygen atoms in total. The summed E-state index contributed by atoms with van der Waals surface area (Å²) >= 11 is 5.84. The van der Waals surface area contributed by atoms with Crippen LogP contribution in [0.4, 0.5) is 0 Å². The number of hydrogen-bond acceptors (Lipinski definition) is 6. The number of hydrogen-bond donors (Lipinski definition) is 0. The fourth-order valence-electron chi connectivity index (χ4n) is 0.443. The summed E-state index contributed by atoms with van der Waals surface area (Å²) in [5.74, 6) is -1.16. The van der Waals surface area contributed by atoms with Crippen LogP contribution >= 0.6 is 17.1 Å². The summed E-state index contributed by atoms with van der Waals surface area (Å²) in [6, 6.07) is 0. The van der Waals surface area contributed by atoms with Crippen LogP contribution in [-0.2, 0) is 30.4 Å². The Balaban J connectivity index is 4.55. The van der Waals surface area contributed by atoms with Gasteiger partial charge in [0.15, 0.2) is 0 Å². The highest BCUT2D eigenvalue weighted by Crippen LogP contribution is 2.59. The molecule has 0 aromatic heterocycles. The van der Waals surface area contributed by atoms with Crippen molar-refractivity contribution >= 4 is 41.2 Å². The predicted molar refractivity (Wildman–Crippen MR) is 59.6 cm³/mol. The lowest BCUT2D eigenvalue weighted by atomic mass is 10.6. The summed E-state index contributed by atoms with van der Waals surface area (Å²) in [6.45, 7) is -2.79. The molecule has 0 saturated heterocycles. The van der Waals surface area contributed by atoms with Gasteiger partial charge in [-0.15, -0.1) is 0 Å². The Hall–Kier alpha value is 0.0600. The number of amides is 2. The molecule has 0 heterocycles.